The Hall–Kier alpha value is 0.0400. The van der Waals surface area contributed by atoms with Gasteiger partial charge in [0.25, 0.3) is 0 Å². The fourth-order valence-electron chi connectivity index (χ4n) is 1.66. The second kappa shape index (κ2) is 4.91. The largest absolute Gasteiger partial charge is 0.355 e. The summed E-state index contributed by atoms with van der Waals surface area (Å²) in [6, 6.07) is 5.72. The maximum Gasteiger partial charge on any atom is 0.0970 e. The Bertz CT molecular complexity index is 359. The first kappa shape index (κ1) is 11.5. The van der Waals surface area contributed by atoms with E-state index in [1.54, 1.807) is 6.07 Å². The molecule has 1 aliphatic rings. The molecule has 2 rings (SSSR count). The standard InChI is InChI=1S/C10H11BrCl2N2/c11-9-6-14-4-5-15(9)8-3-1-2-7(12)10(8)13/h1-3,9,14H,4-6H2. The first-order valence-electron chi connectivity index (χ1n) is 4.75. The number of nitrogens with one attached hydrogen (secondary N) is 1. The predicted molar refractivity (Wildman–Crippen MR) is 69.4 cm³/mol. The number of piperazine rings is 1. The summed E-state index contributed by atoms with van der Waals surface area (Å²) in [6.45, 7) is 2.80. The maximum absolute atomic E-state index is 6.18. The van der Waals surface area contributed by atoms with Crippen LogP contribution in [0.4, 0.5) is 5.69 Å². The molecule has 0 aliphatic carbocycles. The van der Waals surface area contributed by atoms with Gasteiger partial charge in [-0.25, -0.2) is 0 Å². The zero-order chi connectivity index (χ0) is 10.8. The van der Waals surface area contributed by atoms with Crippen LogP contribution in [-0.2, 0) is 0 Å². The third-order valence-corrected chi connectivity index (χ3v) is 4.05. The number of halogens is 3. The first-order valence-corrected chi connectivity index (χ1v) is 6.43. The molecule has 1 aromatic carbocycles. The SMILES string of the molecule is Clc1cccc(N2CCNCC2Br)c1Cl. The molecule has 0 radical (unpaired) electrons. The molecule has 0 saturated carbocycles. The van der Waals surface area contributed by atoms with Crippen LogP contribution in [-0.4, -0.2) is 24.6 Å². The highest BCUT2D eigenvalue weighted by molar-refractivity contribution is 9.09. The molecule has 0 spiro atoms. The maximum atomic E-state index is 6.18. The fourth-order valence-corrected chi connectivity index (χ4v) is 2.71. The van der Waals surface area contributed by atoms with Crippen molar-refractivity contribution in [1.29, 1.82) is 0 Å². The molecule has 1 aromatic rings. The minimum Gasteiger partial charge on any atom is -0.355 e. The predicted octanol–water partition coefficient (Wildman–Crippen LogP) is 3.12. The van der Waals surface area contributed by atoms with Crippen molar-refractivity contribution >= 4 is 44.8 Å². The smallest absolute Gasteiger partial charge is 0.0970 e. The lowest BCUT2D eigenvalue weighted by atomic mass is 10.2. The topological polar surface area (TPSA) is 15.3 Å². The number of nitrogens with zero attached hydrogens (tertiary/aromatic N) is 1. The number of rotatable bonds is 1. The van der Waals surface area contributed by atoms with Gasteiger partial charge in [-0.1, -0.05) is 45.2 Å². The third-order valence-electron chi connectivity index (χ3n) is 2.42. The number of alkyl halides is 1. The molecule has 1 saturated heterocycles. The summed E-state index contributed by atoms with van der Waals surface area (Å²) < 4.78 is 0. The molecule has 5 heteroatoms. The monoisotopic (exact) mass is 308 g/mol. The lowest BCUT2D eigenvalue weighted by molar-refractivity contribution is 0.569. The Balaban J connectivity index is 2.31. The van der Waals surface area contributed by atoms with Gasteiger partial charge < -0.3 is 10.2 Å². The van der Waals surface area contributed by atoms with Gasteiger partial charge >= 0.3 is 0 Å². The highest BCUT2D eigenvalue weighted by atomic mass is 79.9. The Labute approximate surface area is 108 Å². The lowest BCUT2D eigenvalue weighted by Crippen LogP contribution is -2.48. The average molecular weight is 310 g/mol. The number of hydrogen-bond acceptors (Lipinski definition) is 2. The zero-order valence-corrected chi connectivity index (χ0v) is 11.1. The van der Waals surface area contributed by atoms with Gasteiger partial charge in [-0.05, 0) is 12.1 Å². The van der Waals surface area contributed by atoms with Crippen LogP contribution < -0.4 is 10.2 Å². The van der Waals surface area contributed by atoms with Gasteiger partial charge in [-0.2, -0.15) is 0 Å². The van der Waals surface area contributed by atoms with Crippen molar-refractivity contribution in [3.8, 4) is 0 Å². The molecule has 0 aromatic heterocycles. The van der Waals surface area contributed by atoms with Gasteiger partial charge in [0.2, 0.25) is 0 Å². The minimum atomic E-state index is 0.266. The minimum absolute atomic E-state index is 0.266. The Kier molecular flexibility index (Phi) is 3.78. The molecule has 15 heavy (non-hydrogen) atoms. The number of benzene rings is 1. The van der Waals surface area contributed by atoms with Crippen molar-refractivity contribution in [1.82, 2.24) is 5.32 Å². The van der Waals surface area contributed by atoms with Gasteiger partial charge in [0.05, 0.1) is 20.7 Å². The van der Waals surface area contributed by atoms with Gasteiger partial charge in [0, 0.05) is 19.6 Å². The molecule has 0 amide bonds. The molecular formula is C10H11BrCl2N2. The molecule has 1 fully saturated rings. The Morgan fingerprint density at radius 1 is 1.40 bits per heavy atom. The van der Waals surface area contributed by atoms with E-state index in [1.165, 1.54) is 0 Å². The summed E-state index contributed by atoms with van der Waals surface area (Å²) in [6.07, 6.45) is 0. The molecule has 0 bridgehead atoms. The fraction of sp³-hybridized carbons (Fsp3) is 0.400. The highest BCUT2D eigenvalue weighted by Gasteiger charge is 2.22. The summed E-state index contributed by atoms with van der Waals surface area (Å²) in [5, 5.41) is 4.54. The number of anilines is 1. The third kappa shape index (κ3) is 2.41. The van der Waals surface area contributed by atoms with Crippen LogP contribution in [0.25, 0.3) is 0 Å². The van der Waals surface area contributed by atoms with Crippen molar-refractivity contribution in [2.45, 2.75) is 4.95 Å². The summed E-state index contributed by atoms with van der Waals surface area (Å²) in [4.78, 5) is 2.48. The van der Waals surface area contributed by atoms with Gasteiger partial charge in [-0.3, -0.25) is 0 Å². The summed E-state index contributed by atoms with van der Waals surface area (Å²) in [5.41, 5.74) is 0.993. The normalized spacial score (nSPS) is 21.8. The van der Waals surface area contributed by atoms with Crippen LogP contribution in [0.5, 0.6) is 0 Å². The molecule has 2 nitrogen and oxygen atoms in total. The van der Waals surface area contributed by atoms with E-state index in [1.807, 2.05) is 12.1 Å². The average Bonchev–Trinajstić information content (AvgIpc) is 2.23. The van der Waals surface area contributed by atoms with Crippen molar-refractivity contribution in [3.63, 3.8) is 0 Å². The van der Waals surface area contributed by atoms with Crippen LogP contribution in [0.1, 0.15) is 0 Å². The van der Waals surface area contributed by atoms with Crippen molar-refractivity contribution < 1.29 is 0 Å². The van der Waals surface area contributed by atoms with Crippen LogP contribution in [0.2, 0.25) is 10.0 Å². The first-order chi connectivity index (χ1) is 7.20. The Morgan fingerprint density at radius 2 is 2.20 bits per heavy atom. The van der Waals surface area contributed by atoms with Crippen LogP contribution in [0, 0.1) is 0 Å². The van der Waals surface area contributed by atoms with E-state index in [9.17, 15) is 0 Å². The summed E-state index contributed by atoms with van der Waals surface area (Å²) in [5.74, 6) is 0. The van der Waals surface area contributed by atoms with Crippen molar-refractivity contribution in [3.05, 3.63) is 28.2 Å². The molecule has 1 N–H and O–H groups in total. The summed E-state index contributed by atoms with van der Waals surface area (Å²) >= 11 is 15.8. The van der Waals surface area contributed by atoms with E-state index in [-0.39, 0.29) is 4.95 Å². The molecule has 1 aliphatic heterocycles. The second-order valence-electron chi connectivity index (χ2n) is 3.40. The quantitative estimate of drug-likeness (QED) is 0.633. The lowest BCUT2D eigenvalue weighted by Gasteiger charge is -2.35. The van der Waals surface area contributed by atoms with E-state index < -0.39 is 0 Å². The van der Waals surface area contributed by atoms with E-state index in [0.717, 1.165) is 25.3 Å². The highest BCUT2D eigenvalue weighted by Crippen LogP contribution is 2.34. The van der Waals surface area contributed by atoms with Crippen molar-refractivity contribution in [2.24, 2.45) is 0 Å². The van der Waals surface area contributed by atoms with Gasteiger partial charge in [0.15, 0.2) is 0 Å². The molecule has 1 atom stereocenters. The van der Waals surface area contributed by atoms with Crippen LogP contribution >= 0.6 is 39.1 Å². The van der Waals surface area contributed by atoms with Crippen molar-refractivity contribution in [2.75, 3.05) is 24.5 Å². The van der Waals surface area contributed by atoms with E-state index >= 15 is 0 Å². The second-order valence-corrected chi connectivity index (χ2v) is 5.25. The Morgan fingerprint density at radius 3 is 2.93 bits per heavy atom. The summed E-state index contributed by atoms with van der Waals surface area (Å²) in [7, 11) is 0. The van der Waals surface area contributed by atoms with Gasteiger partial charge in [-0.15, -0.1) is 0 Å². The van der Waals surface area contributed by atoms with Gasteiger partial charge in [0.1, 0.15) is 0 Å². The molecule has 82 valence electrons. The molecular weight excluding hydrogens is 299 g/mol. The van der Waals surface area contributed by atoms with Crippen LogP contribution in [0.3, 0.4) is 0 Å². The van der Waals surface area contributed by atoms with E-state index in [2.05, 4.69) is 26.1 Å². The zero-order valence-electron chi connectivity index (χ0n) is 8.01. The number of hydrogen-bond donors (Lipinski definition) is 1. The van der Waals surface area contributed by atoms with E-state index in [0.29, 0.717) is 10.0 Å². The van der Waals surface area contributed by atoms with E-state index in [4.69, 9.17) is 23.2 Å². The molecule has 1 heterocycles. The molecule has 1 unspecified atom stereocenters. The van der Waals surface area contributed by atoms with Crippen LogP contribution in [0.15, 0.2) is 18.2 Å².